The van der Waals surface area contributed by atoms with Gasteiger partial charge in [-0.3, -0.25) is 0 Å². The van der Waals surface area contributed by atoms with Crippen molar-refractivity contribution in [1.82, 2.24) is 14.7 Å². The van der Waals surface area contributed by atoms with Crippen LogP contribution in [0.15, 0.2) is 59.8 Å². The van der Waals surface area contributed by atoms with Gasteiger partial charge < -0.3 is 10.6 Å². The first-order chi connectivity index (χ1) is 12.9. The van der Waals surface area contributed by atoms with Gasteiger partial charge in [0.25, 0.3) is 0 Å². The van der Waals surface area contributed by atoms with E-state index in [1.54, 1.807) is 18.2 Å². The molecule has 0 aliphatic heterocycles. The summed E-state index contributed by atoms with van der Waals surface area (Å²) in [4.78, 5) is 8.53. The summed E-state index contributed by atoms with van der Waals surface area (Å²) in [6.45, 7) is 1.92. The zero-order valence-corrected chi connectivity index (χ0v) is 17.5. The summed E-state index contributed by atoms with van der Waals surface area (Å²) in [5.41, 5.74) is 2.40. The second-order valence-electron chi connectivity index (χ2n) is 5.74. The van der Waals surface area contributed by atoms with Crippen molar-refractivity contribution < 1.29 is 8.42 Å². The van der Waals surface area contributed by atoms with Gasteiger partial charge in [-0.15, -0.1) is 12.4 Å². The number of benzene rings is 2. The standard InChI is InChI=1S/C18H18ClN5O2S.ClH/c1-12-8-14(6-7-16(12)19)24-18-10-17(21-11-22-18)23-13-4-3-5-15(9-13)27(25,26)20-2;/h3-11,20H,1-2H3,(H2,21,22,23,24);1H. The van der Waals surface area contributed by atoms with Gasteiger partial charge in [-0.05, 0) is 55.9 Å². The summed E-state index contributed by atoms with van der Waals surface area (Å²) in [6.07, 6.45) is 1.42. The second-order valence-corrected chi connectivity index (χ2v) is 8.03. The number of sulfonamides is 1. The Morgan fingerprint density at radius 2 is 1.57 bits per heavy atom. The number of nitrogens with one attached hydrogen (secondary N) is 3. The highest BCUT2D eigenvalue weighted by Gasteiger charge is 2.11. The fraction of sp³-hybridized carbons (Fsp3) is 0.111. The Morgan fingerprint density at radius 3 is 2.18 bits per heavy atom. The molecule has 0 amide bonds. The maximum atomic E-state index is 11.9. The van der Waals surface area contributed by atoms with E-state index in [9.17, 15) is 8.42 Å². The van der Waals surface area contributed by atoms with Crippen LogP contribution in [0.25, 0.3) is 0 Å². The van der Waals surface area contributed by atoms with E-state index in [1.807, 2.05) is 25.1 Å². The molecule has 7 nitrogen and oxygen atoms in total. The van der Waals surface area contributed by atoms with Gasteiger partial charge in [0.1, 0.15) is 18.0 Å². The number of aromatic nitrogens is 2. The summed E-state index contributed by atoms with van der Waals surface area (Å²) in [6, 6.07) is 13.8. The van der Waals surface area contributed by atoms with Crippen molar-refractivity contribution in [2.24, 2.45) is 0 Å². The Balaban J connectivity index is 0.00000280. The molecule has 148 valence electrons. The monoisotopic (exact) mass is 439 g/mol. The highest BCUT2D eigenvalue weighted by atomic mass is 35.5. The van der Waals surface area contributed by atoms with Crippen LogP contribution in [0.1, 0.15) is 5.56 Å². The van der Waals surface area contributed by atoms with Gasteiger partial charge in [-0.25, -0.2) is 23.1 Å². The molecule has 0 radical (unpaired) electrons. The maximum Gasteiger partial charge on any atom is 0.240 e. The van der Waals surface area contributed by atoms with E-state index < -0.39 is 10.0 Å². The van der Waals surface area contributed by atoms with Gasteiger partial charge in [0, 0.05) is 22.5 Å². The molecular formula is C18H19Cl2N5O2S. The molecule has 0 bridgehead atoms. The van der Waals surface area contributed by atoms with Crippen LogP contribution < -0.4 is 15.4 Å². The number of anilines is 4. The molecule has 0 saturated heterocycles. The Morgan fingerprint density at radius 1 is 0.929 bits per heavy atom. The summed E-state index contributed by atoms with van der Waals surface area (Å²) in [5, 5.41) is 6.97. The summed E-state index contributed by atoms with van der Waals surface area (Å²) in [5.74, 6) is 1.12. The van der Waals surface area contributed by atoms with Gasteiger partial charge in [-0.1, -0.05) is 17.7 Å². The molecule has 0 spiro atoms. The molecule has 0 aliphatic rings. The van der Waals surface area contributed by atoms with Crippen molar-refractivity contribution in [3.05, 3.63) is 65.4 Å². The number of hydrogen-bond donors (Lipinski definition) is 3. The third-order valence-corrected chi connectivity index (χ3v) is 5.62. The average molecular weight is 440 g/mol. The first-order valence-corrected chi connectivity index (χ1v) is 9.89. The Kier molecular flexibility index (Phi) is 7.20. The average Bonchev–Trinajstić information content (AvgIpc) is 2.65. The number of hydrogen-bond acceptors (Lipinski definition) is 6. The molecule has 0 fully saturated rings. The number of nitrogens with zero attached hydrogens (tertiary/aromatic N) is 2. The van der Waals surface area contributed by atoms with Crippen molar-refractivity contribution in [3.8, 4) is 0 Å². The molecule has 0 aliphatic carbocycles. The van der Waals surface area contributed by atoms with E-state index in [1.165, 1.54) is 25.5 Å². The van der Waals surface area contributed by atoms with E-state index in [2.05, 4.69) is 25.3 Å². The summed E-state index contributed by atoms with van der Waals surface area (Å²) < 4.78 is 26.2. The molecular weight excluding hydrogens is 421 g/mol. The highest BCUT2D eigenvalue weighted by molar-refractivity contribution is 7.89. The number of halogens is 2. The van der Waals surface area contributed by atoms with Gasteiger partial charge in [0.05, 0.1) is 4.90 Å². The summed E-state index contributed by atoms with van der Waals surface area (Å²) in [7, 11) is -2.14. The molecule has 28 heavy (non-hydrogen) atoms. The Hall–Kier alpha value is -2.39. The van der Waals surface area contributed by atoms with Gasteiger partial charge in [0.15, 0.2) is 0 Å². The molecule has 1 heterocycles. The normalized spacial score (nSPS) is 10.8. The third-order valence-electron chi connectivity index (χ3n) is 3.78. The lowest BCUT2D eigenvalue weighted by atomic mass is 10.2. The first-order valence-electron chi connectivity index (χ1n) is 8.03. The largest absolute Gasteiger partial charge is 0.340 e. The number of aryl methyl sites for hydroxylation is 1. The Bertz CT molecular complexity index is 1080. The van der Waals surface area contributed by atoms with Crippen LogP contribution in [0.5, 0.6) is 0 Å². The quantitative estimate of drug-likeness (QED) is 0.530. The fourth-order valence-corrected chi connectivity index (χ4v) is 3.26. The Labute approximate surface area is 175 Å². The minimum Gasteiger partial charge on any atom is -0.340 e. The number of rotatable bonds is 6. The van der Waals surface area contributed by atoms with Gasteiger partial charge in [-0.2, -0.15) is 0 Å². The van der Waals surface area contributed by atoms with Gasteiger partial charge in [0.2, 0.25) is 10.0 Å². The van der Waals surface area contributed by atoms with Gasteiger partial charge >= 0.3 is 0 Å². The van der Waals surface area contributed by atoms with Crippen LogP contribution in [0.3, 0.4) is 0 Å². The van der Waals surface area contributed by atoms with Crippen LogP contribution in [0, 0.1) is 6.92 Å². The molecule has 3 rings (SSSR count). The van der Waals surface area contributed by atoms with Crippen molar-refractivity contribution in [3.63, 3.8) is 0 Å². The summed E-state index contributed by atoms with van der Waals surface area (Å²) >= 11 is 6.04. The van der Waals surface area contributed by atoms with Crippen LogP contribution in [-0.2, 0) is 10.0 Å². The third kappa shape index (κ3) is 5.32. The van der Waals surface area contributed by atoms with Crippen molar-refractivity contribution in [1.29, 1.82) is 0 Å². The SMILES string of the molecule is CNS(=O)(=O)c1cccc(Nc2cc(Nc3ccc(Cl)c(C)c3)ncn2)c1.Cl. The fourth-order valence-electron chi connectivity index (χ4n) is 2.37. The van der Waals surface area contributed by atoms with E-state index in [-0.39, 0.29) is 17.3 Å². The lowest BCUT2D eigenvalue weighted by Crippen LogP contribution is -2.18. The minimum atomic E-state index is -3.52. The lowest BCUT2D eigenvalue weighted by Gasteiger charge is -2.10. The van der Waals surface area contributed by atoms with E-state index >= 15 is 0 Å². The highest BCUT2D eigenvalue weighted by Crippen LogP contribution is 2.24. The van der Waals surface area contributed by atoms with Crippen LogP contribution in [0.2, 0.25) is 5.02 Å². The van der Waals surface area contributed by atoms with E-state index in [0.717, 1.165) is 11.3 Å². The molecule has 1 aromatic heterocycles. The van der Waals surface area contributed by atoms with Crippen molar-refractivity contribution >= 4 is 57.0 Å². The lowest BCUT2D eigenvalue weighted by molar-refractivity contribution is 0.588. The molecule has 0 saturated carbocycles. The predicted octanol–water partition coefficient (Wildman–Crippen LogP) is 4.26. The second kappa shape index (κ2) is 9.20. The van der Waals surface area contributed by atoms with Crippen LogP contribution >= 0.6 is 24.0 Å². The molecule has 0 atom stereocenters. The van der Waals surface area contributed by atoms with Crippen LogP contribution in [0.4, 0.5) is 23.0 Å². The molecule has 3 N–H and O–H groups in total. The zero-order chi connectivity index (χ0) is 19.4. The minimum absolute atomic E-state index is 0. The molecule has 3 aromatic rings. The zero-order valence-electron chi connectivity index (χ0n) is 15.1. The first kappa shape index (κ1) is 21.9. The van der Waals surface area contributed by atoms with Crippen molar-refractivity contribution in [2.75, 3.05) is 17.7 Å². The predicted molar refractivity (Wildman–Crippen MR) is 115 cm³/mol. The van der Waals surface area contributed by atoms with Crippen molar-refractivity contribution in [2.45, 2.75) is 11.8 Å². The van der Waals surface area contributed by atoms with Crippen LogP contribution in [-0.4, -0.2) is 25.4 Å². The molecule has 0 unspecified atom stereocenters. The van der Waals surface area contributed by atoms with E-state index in [0.29, 0.717) is 22.3 Å². The smallest absolute Gasteiger partial charge is 0.240 e. The molecule has 2 aromatic carbocycles. The van der Waals surface area contributed by atoms with E-state index in [4.69, 9.17) is 11.6 Å². The topological polar surface area (TPSA) is 96.0 Å². The molecule has 10 heteroatoms. The maximum absolute atomic E-state index is 11.9.